The number of aliphatic hydroxyl groups excluding tert-OH is 1. The van der Waals surface area contributed by atoms with Crippen molar-refractivity contribution in [1.82, 2.24) is 5.32 Å². The summed E-state index contributed by atoms with van der Waals surface area (Å²) in [6, 6.07) is 0.448. The van der Waals surface area contributed by atoms with E-state index in [1.807, 2.05) is 13.8 Å². The van der Waals surface area contributed by atoms with E-state index in [0.29, 0.717) is 6.04 Å². The molecule has 1 atom stereocenters. The third kappa shape index (κ3) is 3.41. The molecule has 0 radical (unpaired) electrons. The summed E-state index contributed by atoms with van der Waals surface area (Å²) in [4.78, 5) is 0. The molecule has 0 aliphatic carbocycles. The first-order valence-corrected chi connectivity index (χ1v) is 6.66. The number of nitrogens with one attached hydrogen (secondary N) is 1. The van der Waals surface area contributed by atoms with E-state index >= 15 is 0 Å². The summed E-state index contributed by atoms with van der Waals surface area (Å²) in [5, 5.41) is 12.9. The van der Waals surface area contributed by atoms with Gasteiger partial charge in [0, 0.05) is 31.4 Å². The van der Waals surface area contributed by atoms with Gasteiger partial charge >= 0.3 is 0 Å². The Morgan fingerprint density at radius 1 is 1.29 bits per heavy atom. The van der Waals surface area contributed by atoms with Gasteiger partial charge in [-0.25, -0.2) is 0 Å². The van der Waals surface area contributed by atoms with Crippen molar-refractivity contribution < 1.29 is 14.6 Å². The van der Waals surface area contributed by atoms with Gasteiger partial charge in [0.05, 0.1) is 12.2 Å². The van der Waals surface area contributed by atoms with E-state index in [2.05, 4.69) is 5.32 Å². The Bertz CT molecular complexity index is 244. The van der Waals surface area contributed by atoms with Crippen molar-refractivity contribution in [2.45, 2.75) is 56.7 Å². The van der Waals surface area contributed by atoms with Crippen molar-refractivity contribution in [2.24, 2.45) is 0 Å². The van der Waals surface area contributed by atoms with Crippen molar-refractivity contribution in [3.05, 3.63) is 0 Å². The van der Waals surface area contributed by atoms with Crippen molar-refractivity contribution >= 4 is 0 Å². The van der Waals surface area contributed by atoms with Crippen LogP contribution in [0.15, 0.2) is 0 Å². The first-order chi connectivity index (χ1) is 8.05. The maximum Gasteiger partial charge on any atom is 0.0741 e. The molecule has 0 aromatic rings. The third-order valence-corrected chi connectivity index (χ3v) is 3.89. The van der Waals surface area contributed by atoms with Crippen molar-refractivity contribution in [3.8, 4) is 0 Å². The molecule has 2 aliphatic heterocycles. The largest absolute Gasteiger partial charge is 0.394 e. The number of hydrogen-bond donors (Lipinski definition) is 2. The Morgan fingerprint density at radius 2 is 2.00 bits per heavy atom. The summed E-state index contributed by atoms with van der Waals surface area (Å²) in [7, 11) is 0. The molecule has 1 unspecified atom stereocenters. The average molecular weight is 243 g/mol. The minimum Gasteiger partial charge on any atom is -0.394 e. The molecular formula is C13H25NO3. The van der Waals surface area contributed by atoms with Gasteiger partial charge < -0.3 is 19.9 Å². The maximum absolute atomic E-state index is 9.31. The molecule has 1 spiro atoms. The quantitative estimate of drug-likeness (QED) is 0.778. The van der Waals surface area contributed by atoms with Crippen LogP contribution in [-0.4, -0.2) is 48.7 Å². The van der Waals surface area contributed by atoms with Crippen LogP contribution in [0.4, 0.5) is 0 Å². The van der Waals surface area contributed by atoms with E-state index < -0.39 is 0 Å². The van der Waals surface area contributed by atoms with Gasteiger partial charge in [0.1, 0.15) is 0 Å². The van der Waals surface area contributed by atoms with Gasteiger partial charge in [-0.15, -0.1) is 0 Å². The van der Waals surface area contributed by atoms with Gasteiger partial charge in [-0.2, -0.15) is 0 Å². The topological polar surface area (TPSA) is 50.7 Å². The van der Waals surface area contributed by atoms with Crippen LogP contribution in [0.5, 0.6) is 0 Å². The monoisotopic (exact) mass is 243 g/mol. The summed E-state index contributed by atoms with van der Waals surface area (Å²) in [5.41, 5.74) is -0.173. The van der Waals surface area contributed by atoms with Crippen LogP contribution in [0.25, 0.3) is 0 Å². The third-order valence-electron chi connectivity index (χ3n) is 3.89. The van der Waals surface area contributed by atoms with Gasteiger partial charge in [-0.05, 0) is 39.5 Å². The minimum absolute atomic E-state index is 0.0275. The van der Waals surface area contributed by atoms with E-state index in [-0.39, 0.29) is 17.7 Å². The molecule has 2 N–H and O–H groups in total. The summed E-state index contributed by atoms with van der Waals surface area (Å²) in [6.07, 6.45) is 4.08. The Labute approximate surface area is 104 Å². The summed E-state index contributed by atoms with van der Waals surface area (Å²) in [6.45, 7) is 6.70. The number of ether oxygens (including phenoxy) is 2. The van der Waals surface area contributed by atoms with Crippen LogP contribution >= 0.6 is 0 Å². The highest BCUT2D eigenvalue weighted by molar-refractivity contribution is 4.94. The lowest BCUT2D eigenvalue weighted by Gasteiger charge is -2.45. The zero-order valence-corrected chi connectivity index (χ0v) is 11.0. The van der Waals surface area contributed by atoms with E-state index in [1.54, 1.807) is 0 Å². The van der Waals surface area contributed by atoms with Crippen molar-refractivity contribution in [3.63, 3.8) is 0 Å². The molecule has 2 rings (SSSR count). The zero-order chi connectivity index (χ0) is 12.4. The lowest BCUT2D eigenvalue weighted by atomic mass is 9.83. The van der Waals surface area contributed by atoms with E-state index in [1.165, 1.54) is 0 Å². The second kappa shape index (κ2) is 5.22. The average Bonchev–Trinajstić information content (AvgIpc) is 2.29. The molecule has 0 amide bonds. The molecule has 17 heavy (non-hydrogen) atoms. The molecule has 0 aromatic heterocycles. The van der Waals surface area contributed by atoms with Crippen LogP contribution in [0.1, 0.15) is 39.5 Å². The fourth-order valence-corrected chi connectivity index (χ4v) is 2.84. The fourth-order valence-electron chi connectivity index (χ4n) is 2.84. The molecule has 2 heterocycles. The molecule has 100 valence electrons. The predicted octanol–water partition coefficient (Wildman–Crippen LogP) is 1.08. The minimum atomic E-state index is -0.200. The van der Waals surface area contributed by atoms with Crippen molar-refractivity contribution in [2.75, 3.05) is 26.4 Å². The zero-order valence-electron chi connectivity index (χ0n) is 11.0. The number of hydrogen-bond acceptors (Lipinski definition) is 4. The smallest absolute Gasteiger partial charge is 0.0741 e. The molecular weight excluding hydrogens is 218 g/mol. The predicted molar refractivity (Wildman–Crippen MR) is 66.1 cm³/mol. The first-order valence-electron chi connectivity index (χ1n) is 6.66. The molecule has 0 aromatic carbocycles. The van der Waals surface area contributed by atoms with Crippen LogP contribution < -0.4 is 5.32 Å². The Kier molecular flexibility index (Phi) is 4.08. The highest BCUT2D eigenvalue weighted by atomic mass is 16.5. The lowest BCUT2D eigenvalue weighted by Crippen LogP contribution is -2.55. The van der Waals surface area contributed by atoms with Gasteiger partial charge in [0.25, 0.3) is 0 Å². The lowest BCUT2D eigenvalue weighted by molar-refractivity contribution is -0.142. The van der Waals surface area contributed by atoms with Crippen LogP contribution in [0.3, 0.4) is 0 Å². The molecule has 0 bridgehead atoms. The van der Waals surface area contributed by atoms with Gasteiger partial charge in [-0.1, -0.05) is 0 Å². The van der Waals surface area contributed by atoms with Crippen LogP contribution in [0.2, 0.25) is 0 Å². The summed E-state index contributed by atoms with van der Waals surface area (Å²) in [5.74, 6) is 0. The summed E-state index contributed by atoms with van der Waals surface area (Å²) < 4.78 is 11.4. The molecule has 2 fully saturated rings. The Balaban J connectivity index is 1.92. The highest BCUT2D eigenvalue weighted by Gasteiger charge is 2.40. The number of aliphatic hydroxyl groups is 1. The fraction of sp³-hybridized carbons (Fsp3) is 1.00. The van der Waals surface area contributed by atoms with Crippen LogP contribution in [0, 0.1) is 0 Å². The normalized spacial score (nSPS) is 29.5. The standard InChI is InChI=1S/C13H25NO3/c1-12(2,10-15)14-11-3-6-17-13(9-11)4-7-16-8-5-13/h11,14-15H,3-10H2,1-2H3. The molecule has 0 saturated carbocycles. The van der Waals surface area contributed by atoms with Crippen molar-refractivity contribution in [1.29, 1.82) is 0 Å². The molecule has 4 nitrogen and oxygen atoms in total. The summed E-state index contributed by atoms with van der Waals surface area (Å²) >= 11 is 0. The highest BCUT2D eigenvalue weighted by Crippen LogP contribution is 2.34. The Hall–Kier alpha value is -0.160. The molecule has 2 saturated heterocycles. The second-order valence-electron chi connectivity index (χ2n) is 6.02. The maximum atomic E-state index is 9.31. The van der Waals surface area contributed by atoms with Gasteiger partial charge in [0.15, 0.2) is 0 Å². The SMILES string of the molecule is CC(C)(CO)NC1CCOC2(CCOCC2)C1. The van der Waals surface area contributed by atoms with E-state index in [0.717, 1.165) is 45.5 Å². The van der Waals surface area contributed by atoms with E-state index in [9.17, 15) is 5.11 Å². The van der Waals surface area contributed by atoms with E-state index in [4.69, 9.17) is 9.47 Å². The van der Waals surface area contributed by atoms with Crippen LogP contribution in [-0.2, 0) is 9.47 Å². The molecule has 4 heteroatoms. The molecule has 2 aliphatic rings. The second-order valence-corrected chi connectivity index (χ2v) is 6.02. The first kappa shape index (κ1) is 13.3. The van der Waals surface area contributed by atoms with Gasteiger partial charge in [-0.3, -0.25) is 0 Å². The van der Waals surface area contributed by atoms with Gasteiger partial charge in [0.2, 0.25) is 0 Å². The number of rotatable bonds is 3. The Morgan fingerprint density at radius 3 is 2.65 bits per heavy atom.